The maximum absolute atomic E-state index is 5.81. The summed E-state index contributed by atoms with van der Waals surface area (Å²) in [6, 6.07) is 4.04. The zero-order chi connectivity index (χ0) is 13.1. The molecule has 1 saturated heterocycles. The fourth-order valence-electron chi connectivity index (χ4n) is 2.24. The monoisotopic (exact) mass is 251 g/mol. The molecule has 0 saturated carbocycles. The molecule has 0 aromatic carbocycles. The Balaban J connectivity index is 2.08. The average Bonchev–Trinajstić information content (AvgIpc) is 2.82. The fraction of sp³-hybridized carbons (Fsp3) is 0.615. The summed E-state index contributed by atoms with van der Waals surface area (Å²) in [5, 5.41) is 0. The highest BCUT2D eigenvalue weighted by atomic mass is 16.5. The van der Waals surface area contributed by atoms with E-state index in [2.05, 4.69) is 9.88 Å². The van der Waals surface area contributed by atoms with Crippen molar-refractivity contribution in [1.29, 1.82) is 0 Å². The van der Waals surface area contributed by atoms with Crippen LogP contribution in [0.15, 0.2) is 18.3 Å². The van der Waals surface area contributed by atoms with Crippen LogP contribution in [0, 0.1) is 0 Å². The van der Waals surface area contributed by atoms with E-state index in [9.17, 15) is 0 Å². The molecule has 0 bridgehead atoms. The number of hydrogen-bond donors (Lipinski definition) is 1. The van der Waals surface area contributed by atoms with Crippen LogP contribution in [0.5, 0.6) is 0 Å². The first-order valence-corrected chi connectivity index (χ1v) is 6.17. The van der Waals surface area contributed by atoms with Crippen LogP contribution in [0.2, 0.25) is 0 Å². The van der Waals surface area contributed by atoms with Crippen LogP contribution in [-0.4, -0.2) is 44.5 Å². The van der Waals surface area contributed by atoms with E-state index in [0.29, 0.717) is 0 Å². The molecule has 1 fully saturated rings. The minimum atomic E-state index is 0.0172. The Morgan fingerprint density at radius 2 is 1.89 bits per heavy atom. The molecule has 0 aliphatic carbocycles. The van der Waals surface area contributed by atoms with E-state index in [0.717, 1.165) is 24.5 Å². The molecule has 1 aliphatic heterocycles. The largest absolute Gasteiger partial charge is 0.377 e. The van der Waals surface area contributed by atoms with Gasteiger partial charge in [-0.2, -0.15) is 0 Å². The van der Waals surface area contributed by atoms with Crippen molar-refractivity contribution in [2.75, 3.05) is 32.2 Å². The van der Waals surface area contributed by atoms with E-state index >= 15 is 0 Å². The second-order valence-corrected chi connectivity index (χ2v) is 4.69. The number of nitrogens with two attached hydrogens (primary N) is 1. The number of aromatic nitrogens is 1. The molecule has 18 heavy (non-hydrogen) atoms. The van der Waals surface area contributed by atoms with E-state index in [4.69, 9.17) is 15.2 Å². The topological polar surface area (TPSA) is 60.6 Å². The number of ether oxygens (including phenoxy) is 2. The van der Waals surface area contributed by atoms with E-state index in [1.807, 2.05) is 25.3 Å². The van der Waals surface area contributed by atoms with Gasteiger partial charge in [0.15, 0.2) is 0 Å². The Labute approximate surface area is 108 Å². The highest BCUT2D eigenvalue weighted by molar-refractivity contribution is 5.42. The minimum absolute atomic E-state index is 0.0172. The van der Waals surface area contributed by atoms with Gasteiger partial charge in [-0.3, -0.25) is 0 Å². The van der Waals surface area contributed by atoms with Gasteiger partial charge < -0.3 is 20.1 Å². The Kier molecular flexibility index (Phi) is 4.16. The van der Waals surface area contributed by atoms with Gasteiger partial charge in [-0.15, -0.1) is 0 Å². The van der Waals surface area contributed by atoms with E-state index in [1.165, 1.54) is 0 Å². The molecule has 0 radical (unpaired) electrons. The second kappa shape index (κ2) is 5.65. The normalized spacial score (nSPS) is 25.4. The van der Waals surface area contributed by atoms with Crippen molar-refractivity contribution >= 4 is 5.82 Å². The number of hydrogen-bond acceptors (Lipinski definition) is 5. The Hall–Kier alpha value is -1.17. The summed E-state index contributed by atoms with van der Waals surface area (Å²) in [5.41, 5.74) is 6.86. The van der Waals surface area contributed by atoms with Crippen LogP contribution in [-0.2, 0) is 9.47 Å². The molecule has 0 amide bonds. The molecule has 5 heteroatoms. The molecule has 2 heterocycles. The van der Waals surface area contributed by atoms with E-state index < -0.39 is 0 Å². The number of pyridine rings is 1. The molecule has 100 valence electrons. The van der Waals surface area contributed by atoms with Gasteiger partial charge in [0.1, 0.15) is 18.0 Å². The first-order chi connectivity index (χ1) is 8.65. The predicted molar refractivity (Wildman–Crippen MR) is 70.6 cm³/mol. The van der Waals surface area contributed by atoms with Crippen molar-refractivity contribution in [3.63, 3.8) is 0 Å². The average molecular weight is 251 g/mol. The quantitative estimate of drug-likeness (QED) is 0.863. The first-order valence-electron chi connectivity index (χ1n) is 6.17. The summed E-state index contributed by atoms with van der Waals surface area (Å²) in [6.45, 7) is 3.56. The molecule has 2 N–H and O–H groups in total. The zero-order valence-electron chi connectivity index (χ0n) is 11.2. The molecular formula is C13H21N3O2. The molecule has 1 aliphatic rings. The van der Waals surface area contributed by atoms with Gasteiger partial charge in [-0.25, -0.2) is 4.98 Å². The van der Waals surface area contributed by atoms with Crippen LogP contribution < -0.4 is 10.6 Å². The van der Waals surface area contributed by atoms with Crippen LogP contribution in [0.25, 0.3) is 0 Å². The lowest BCUT2D eigenvalue weighted by molar-refractivity contribution is -0.00461. The smallest absolute Gasteiger partial charge is 0.128 e. The third-order valence-electron chi connectivity index (χ3n) is 3.44. The Morgan fingerprint density at radius 3 is 2.28 bits per heavy atom. The second-order valence-electron chi connectivity index (χ2n) is 4.69. The van der Waals surface area contributed by atoms with Gasteiger partial charge in [-0.05, 0) is 18.6 Å². The molecule has 1 aromatic rings. The lowest BCUT2D eigenvalue weighted by atomic mass is 10.1. The van der Waals surface area contributed by atoms with Crippen molar-refractivity contribution in [1.82, 2.24) is 4.98 Å². The molecule has 2 unspecified atom stereocenters. The third kappa shape index (κ3) is 2.63. The summed E-state index contributed by atoms with van der Waals surface area (Å²) in [7, 11) is 3.43. The van der Waals surface area contributed by atoms with Crippen molar-refractivity contribution in [2.24, 2.45) is 5.73 Å². The van der Waals surface area contributed by atoms with Gasteiger partial charge in [-0.1, -0.05) is 6.07 Å². The number of methoxy groups -OCH3 is 2. The number of rotatable bonds is 4. The predicted octanol–water partition coefficient (Wildman–Crippen LogP) is 0.951. The highest BCUT2D eigenvalue weighted by Gasteiger charge is 2.33. The zero-order valence-corrected chi connectivity index (χ0v) is 11.2. The maximum Gasteiger partial charge on any atom is 0.128 e. The lowest BCUT2D eigenvalue weighted by Gasteiger charge is -2.17. The summed E-state index contributed by atoms with van der Waals surface area (Å²) in [4.78, 5) is 6.63. The fourth-order valence-corrected chi connectivity index (χ4v) is 2.24. The Morgan fingerprint density at radius 1 is 1.28 bits per heavy atom. The first kappa shape index (κ1) is 13.3. The van der Waals surface area contributed by atoms with E-state index in [-0.39, 0.29) is 18.2 Å². The molecule has 2 rings (SSSR count). The number of anilines is 1. The maximum atomic E-state index is 5.81. The van der Waals surface area contributed by atoms with Crippen LogP contribution in [0.1, 0.15) is 18.5 Å². The van der Waals surface area contributed by atoms with Gasteiger partial charge in [0.25, 0.3) is 0 Å². The SMILES string of the molecule is COC1CN(c2ccc([C@@H](C)N)cn2)CC1OC. The Bertz CT molecular complexity index is 368. The molecule has 5 nitrogen and oxygen atoms in total. The molecule has 1 aromatic heterocycles. The van der Waals surface area contributed by atoms with Crippen molar-refractivity contribution < 1.29 is 9.47 Å². The van der Waals surface area contributed by atoms with E-state index in [1.54, 1.807) is 14.2 Å². The summed E-state index contributed by atoms with van der Waals surface area (Å²) in [6.07, 6.45) is 2.04. The molecule has 3 atom stereocenters. The van der Waals surface area contributed by atoms with Crippen molar-refractivity contribution in [2.45, 2.75) is 25.2 Å². The minimum Gasteiger partial charge on any atom is -0.377 e. The molecular weight excluding hydrogens is 230 g/mol. The summed E-state index contributed by atoms with van der Waals surface area (Å²) >= 11 is 0. The number of nitrogens with zero attached hydrogens (tertiary/aromatic N) is 2. The van der Waals surface area contributed by atoms with Crippen LogP contribution in [0.3, 0.4) is 0 Å². The highest BCUT2D eigenvalue weighted by Crippen LogP contribution is 2.22. The van der Waals surface area contributed by atoms with Gasteiger partial charge in [0, 0.05) is 39.5 Å². The summed E-state index contributed by atoms with van der Waals surface area (Å²) < 4.78 is 10.8. The van der Waals surface area contributed by atoms with Gasteiger partial charge in [0.05, 0.1) is 0 Å². The van der Waals surface area contributed by atoms with Crippen LogP contribution >= 0.6 is 0 Å². The van der Waals surface area contributed by atoms with Gasteiger partial charge in [0.2, 0.25) is 0 Å². The molecule has 0 spiro atoms. The third-order valence-corrected chi connectivity index (χ3v) is 3.44. The lowest BCUT2D eigenvalue weighted by Crippen LogP contribution is -2.27. The standard InChI is InChI=1S/C13H21N3O2/c1-9(14)10-4-5-13(15-6-10)16-7-11(17-2)12(8-16)18-3/h4-6,9,11-12H,7-8,14H2,1-3H3/t9-,11?,12?/m1/s1. The van der Waals surface area contributed by atoms with Gasteiger partial charge >= 0.3 is 0 Å². The van der Waals surface area contributed by atoms with Crippen LogP contribution in [0.4, 0.5) is 5.82 Å². The summed E-state index contributed by atoms with van der Waals surface area (Å²) in [5.74, 6) is 0.945. The van der Waals surface area contributed by atoms with Crippen molar-refractivity contribution in [3.05, 3.63) is 23.9 Å². The van der Waals surface area contributed by atoms with Crippen molar-refractivity contribution in [3.8, 4) is 0 Å².